The third-order valence-electron chi connectivity index (χ3n) is 3.36. The standard InChI is InChI=1S/C16H16F2O/c1-2-16(19,13-4-3-5-15(18)10-13)11-12-6-8-14(17)9-7-12/h3-10,19H,2,11H2,1H3. The fourth-order valence-electron chi connectivity index (χ4n) is 2.15. The van der Waals surface area contributed by atoms with Gasteiger partial charge >= 0.3 is 0 Å². The van der Waals surface area contributed by atoms with Crippen LogP contribution in [0.15, 0.2) is 48.5 Å². The van der Waals surface area contributed by atoms with Gasteiger partial charge in [0.1, 0.15) is 11.6 Å². The minimum Gasteiger partial charge on any atom is -0.385 e. The molecule has 0 saturated carbocycles. The van der Waals surface area contributed by atoms with Crippen LogP contribution in [-0.2, 0) is 12.0 Å². The molecule has 0 aliphatic rings. The molecule has 0 spiro atoms. The van der Waals surface area contributed by atoms with E-state index >= 15 is 0 Å². The number of benzene rings is 2. The van der Waals surface area contributed by atoms with Crippen LogP contribution in [0.2, 0.25) is 0 Å². The van der Waals surface area contributed by atoms with Crippen molar-refractivity contribution in [1.29, 1.82) is 0 Å². The summed E-state index contributed by atoms with van der Waals surface area (Å²) in [6, 6.07) is 12.0. The number of hydrogen-bond acceptors (Lipinski definition) is 1. The highest BCUT2D eigenvalue weighted by atomic mass is 19.1. The Labute approximate surface area is 111 Å². The topological polar surface area (TPSA) is 20.2 Å². The van der Waals surface area contributed by atoms with Gasteiger partial charge in [0.2, 0.25) is 0 Å². The maximum Gasteiger partial charge on any atom is 0.123 e. The number of halogens is 2. The van der Waals surface area contributed by atoms with Crippen molar-refractivity contribution in [1.82, 2.24) is 0 Å². The molecule has 1 unspecified atom stereocenters. The molecule has 1 atom stereocenters. The molecule has 2 aromatic carbocycles. The Kier molecular flexibility index (Phi) is 3.96. The third kappa shape index (κ3) is 3.18. The van der Waals surface area contributed by atoms with Crippen LogP contribution in [0.1, 0.15) is 24.5 Å². The van der Waals surface area contributed by atoms with E-state index in [2.05, 4.69) is 0 Å². The highest BCUT2D eigenvalue weighted by Gasteiger charge is 2.27. The van der Waals surface area contributed by atoms with Gasteiger partial charge < -0.3 is 5.11 Å². The van der Waals surface area contributed by atoms with Crippen molar-refractivity contribution < 1.29 is 13.9 Å². The molecule has 0 aromatic heterocycles. The molecular weight excluding hydrogens is 246 g/mol. The van der Waals surface area contributed by atoms with Crippen LogP contribution in [0.5, 0.6) is 0 Å². The maximum atomic E-state index is 13.3. The smallest absolute Gasteiger partial charge is 0.123 e. The zero-order valence-electron chi connectivity index (χ0n) is 10.7. The van der Waals surface area contributed by atoms with Gasteiger partial charge in [-0.15, -0.1) is 0 Å². The van der Waals surface area contributed by atoms with Gasteiger partial charge in [-0.2, -0.15) is 0 Å². The first-order chi connectivity index (χ1) is 9.03. The van der Waals surface area contributed by atoms with Crippen molar-refractivity contribution in [2.75, 3.05) is 0 Å². The Morgan fingerprint density at radius 1 is 1.00 bits per heavy atom. The zero-order valence-corrected chi connectivity index (χ0v) is 10.7. The van der Waals surface area contributed by atoms with E-state index in [-0.39, 0.29) is 11.6 Å². The molecule has 0 bridgehead atoms. The van der Waals surface area contributed by atoms with Crippen LogP contribution in [0, 0.1) is 11.6 Å². The molecule has 0 amide bonds. The number of aliphatic hydroxyl groups is 1. The largest absolute Gasteiger partial charge is 0.385 e. The monoisotopic (exact) mass is 262 g/mol. The van der Waals surface area contributed by atoms with E-state index in [1.54, 1.807) is 24.3 Å². The average Bonchev–Trinajstić information content (AvgIpc) is 2.41. The molecule has 2 aromatic rings. The normalized spacial score (nSPS) is 14.1. The van der Waals surface area contributed by atoms with Crippen LogP contribution in [0.3, 0.4) is 0 Å². The summed E-state index contributed by atoms with van der Waals surface area (Å²) >= 11 is 0. The van der Waals surface area contributed by atoms with Gasteiger partial charge in [0.25, 0.3) is 0 Å². The SMILES string of the molecule is CCC(O)(Cc1ccc(F)cc1)c1cccc(F)c1. The summed E-state index contributed by atoms with van der Waals surface area (Å²) < 4.78 is 26.1. The van der Waals surface area contributed by atoms with Crippen LogP contribution in [-0.4, -0.2) is 5.11 Å². The lowest BCUT2D eigenvalue weighted by Crippen LogP contribution is -2.27. The Bertz CT molecular complexity index is 551. The third-order valence-corrected chi connectivity index (χ3v) is 3.36. The van der Waals surface area contributed by atoms with Gasteiger partial charge in [-0.05, 0) is 41.8 Å². The molecule has 0 aliphatic carbocycles. The van der Waals surface area contributed by atoms with Gasteiger partial charge in [-0.25, -0.2) is 8.78 Å². The van der Waals surface area contributed by atoms with Crippen LogP contribution >= 0.6 is 0 Å². The minimum atomic E-state index is -1.14. The van der Waals surface area contributed by atoms with Crippen molar-refractivity contribution in [2.45, 2.75) is 25.4 Å². The second-order valence-corrected chi connectivity index (χ2v) is 4.70. The molecule has 0 aliphatic heterocycles. The van der Waals surface area contributed by atoms with Gasteiger partial charge in [-0.1, -0.05) is 31.2 Å². The average molecular weight is 262 g/mol. The van der Waals surface area contributed by atoms with Crippen LogP contribution in [0.25, 0.3) is 0 Å². The highest BCUT2D eigenvalue weighted by Crippen LogP contribution is 2.29. The molecule has 19 heavy (non-hydrogen) atoms. The van der Waals surface area contributed by atoms with Gasteiger partial charge in [-0.3, -0.25) is 0 Å². The summed E-state index contributed by atoms with van der Waals surface area (Å²) in [5.74, 6) is -0.682. The van der Waals surface area contributed by atoms with E-state index in [4.69, 9.17) is 0 Å². The Morgan fingerprint density at radius 2 is 1.68 bits per heavy atom. The molecule has 2 rings (SSSR count). The molecule has 0 heterocycles. The van der Waals surface area contributed by atoms with Crippen LogP contribution < -0.4 is 0 Å². The predicted octanol–water partition coefficient (Wildman–Crippen LogP) is 3.81. The Balaban J connectivity index is 2.30. The van der Waals surface area contributed by atoms with E-state index in [0.717, 1.165) is 5.56 Å². The molecule has 1 nitrogen and oxygen atoms in total. The van der Waals surface area contributed by atoms with Crippen molar-refractivity contribution in [3.05, 3.63) is 71.3 Å². The fraction of sp³-hybridized carbons (Fsp3) is 0.250. The first-order valence-electron chi connectivity index (χ1n) is 6.26. The van der Waals surface area contributed by atoms with Crippen LogP contribution in [0.4, 0.5) is 8.78 Å². The second-order valence-electron chi connectivity index (χ2n) is 4.70. The lowest BCUT2D eigenvalue weighted by molar-refractivity contribution is 0.0324. The molecule has 0 fully saturated rings. The van der Waals surface area contributed by atoms with Crippen molar-refractivity contribution in [3.63, 3.8) is 0 Å². The van der Waals surface area contributed by atoms with E-state index in [0.29, 0.717) is 18.4 Å². The maximum absolute atomic E-state index is 13.3. The van der Waals surface area contributed by atoms with Gasteiger partial charge in [0, 0.05) is 6.42 Å². The molecule has 100 valence electrons. The second kappa shape index (κ2) is 5.49. The molecule has 1 N–H and O–H groups in total. The zero-order chi connectivity index (χ0) is 13.9. The predicted molar refractivity (Wildman–Crippen MR) is 70.7 cm³/mol. The van der Waals surface area contributed by atoms with Crippen molar-refractivity contribution in [3.8, 4) is 0 Å². The Hall–Kier alpha value is -1.74. The van der Waals surface area contributed by atoms with E-state index in [9.17, 15) is 13.9 Å². The molecule has 3 heteroatoms. The molecule has 0 radical (unpaired) electrons. The number of rotatable bonds is 4. The van der Waals surface area contributed by atoms with Gasteiger partial charge in [0.05, 0.1) is 5.60 Å². The van der Waals surface area contributed by atoms with E-state index in [1.807, 2.05) is 6.92 Å². The quantitative estimate of drug-likeness (QED) is 0.888. The van der Waals surface area contributed by atoms with Crippen molar-refractivity contribution in [2.24, 2.45) is 0 Å². The summed E-state index contributed by atoms with van der Waals surface area (Å²) in [6.45, 7) is 1.84. The number of hydrogen-bond donors (Lipinski definition) is 1. The summed E-state index contributed by atoms with van der Waals surface area (Å²) in [6.07, 6.45) is 0.779. The van der Waals surface area contributed by atoms with Gasteiger partial charge in [0.15, 0.2) is 0 Å². The minimum absolute atomic E-state index is 0.311. The summed E-state index contributed by atoms with van der Waals surface area (Å²) in [4.78, 5) is 0. The lowest BCUT2D eigenvalue weighted by Gasteiger charge is -2.27. The summed E-state index contributed by atoms with van der Waals surface area (Å²) in [7, 11) is 0. The molecule has 0 saturated heterocycles. The van der Waals surface area contributed by atoms with E-state index in [1.165, 1.54) is 24.3 Å². The fourth-order valence-corrected chi connectivity index (χ4v) is 2.15. The van der Waals surface area contributed by atoms with E-state index < -0.39 is 5.60 Å². The lowest BCUT2D eigenvalue weighted by atomic mass is 9.85. The first kappa shape index (κ1) is 13.7. The summed E-state index contributed by atoms with van der Waals surface area (Å²) in [5.41, 5.74) is 0.217. The first-order valence-corrected chi connectivity index (χ1v) is 6.26. The molecular formula is C16H16F2O. The highest BCUT2D eigenvalue weighted by molar-refractivity contribution is 5.27. The summed E-state index contributed by atoms with van der Waals surface area (Å²) in [5, 5.41) is 10.7. The van der Waals surface area contributed by atoms with Crippen molar-refractivity contribution >= 4 is 0 Å². The Morgan fingerprint density at radius 3 is 2.26 bits per heavy atom.